The SMILES string of the molecule is Cl.O=C(O)CCNCc1ccc(-c2noc(-c3cc(-c4ccc(Cl)cc4)oc3C(F)(F)F)n2)cc1. The van der Waals surface area contributed by atoms with Crippen molar-refractivity contribution in [3.05, 3.63) is 70.9 Å². The number of hydrogen-bond donors (Lipinski definition) is 2. The number of carbonyl (C=O) groups is 1. The molecule has 0 fully saturated rings. The number of aromatic nitrogens is 2. The zero-order chi connectivity index (χ0) is 24.3. The highest BCUT2D eigenvalue weighted by Crippen LogP contribution is 2.41. The maximum Gasteiger partial charge on any atom is 0.450 e. The molecule has 2 aromatic heterocycles. The first kappa shape index (κ1) is 26.3. The van der Waals surface area contributed by atoms with Crippen molar-refractivity contribution in [2.75, 3.05) is 6.54 Å². The van der Waals surface area contributed by atoms with E-state index in [0.717, 1.165) is 5.56 Å². The fraction of sp³-hybridized carbons (Fsp3) is 0.174. The second-order valence-corrected chi connectivity index (χ2v) is 7.74. The van der Waals surface area contributed by atoms with Gasteiger partial charge >= 0.3 is 12.1 Å². The maximum atomic E-state index is 13.6. The van der Waals surface area contributed by atoms with Crippen molar-refractivity contribution >= 4 is 30.0 Å². The third kappa shape index (κ3) is 6.41. The van der Waals surface area contributed by atoms with Crippen molar-refractivity contribution in [3.8, 4) is 34.2 Å². The predicted octanol–water partition coefficient (Wildman–Crippen LogP) is 6.32. The van der Waals surface area contributed by atoms with Crippen LogP contribution in [0.2, 0.25) is 5.02 Å². The Labute approximate surface area is 208 Å². The molecule has 0 amide bonds. The summed E-state index contributed by atoms with van der Waals surface area (Å²) in [7, 11) is 0. The van der Waals surface area contributed by atoms with Crippen molar-refractivity contribution in [2.24, 2.45) is 0 Å². The van der Waals surface area contributed by atoms with E-state index >= 15 is 0 Å². The molecule has 0 spiro atoms. The number of furan rings is 1. The summed E-state index contributed by atoms with van der Waals surface area (Å²) in [5, 5.41) is 15.9. The summed E-state index contributed by atoms with van der Waals surface area (Å²) < 4.78 is 51.1. The van der Waals surface area contributed by atoms with Gasteiger partial charge in [0, 0.05) is 29.2 Å². The number of hydrogen-bond acceptors (Lipinski definition) is 6. The van der Waals surface area contributed by atoms with Gasteiger partial charge in [0.15, 0.2) is 0 Å². The lowest BCUT2D eigenvalue weighted by atomic mass is 10.1. The number of nitrogens with zero attached hydrogens (tertiary/aromatic N) is 2. The normalized spacial score (nSPS) is 11.3. The maximum absolute atomic E-state index is 13.6. The second-order valence-electron chi connectivity index (χ2n) is 7.30. The lowest BCUT2D eigenvalue weighted by molar-refractivity contribution is -0.152. The Kier molecular flexibility index (Phi) is 8.21. The smallest absolute Gasteiger partial charge is 0.450 e. The van der Waals surface area contributed by atoms with E-state index in [-0.39, 0.29) is 41.9 Å². The molecule has 0 atom stereocenters. The van der Waals surface area contributed by atoms with Gasteiger partial charge in [-0.25, -0.2) is 0 Å². The molecule has 2 heterocycles. The van der Waals surface area contributed by atoms with E-state index in [9.17, 15) is 18.0 Å². The number of nitrogens with one attached hydrogen (secondary N) is 1. The van der Waals surface area contributed by atoms with Crippen LogP contribution in [0.3, 0.4) is 0 Å². The fourth-order valence-electron chi connectivity index (χ4n) is 3.17. The summed E-state index contributed by atoms with van der Waals surface area (Å²) in [4.78, 5) is 14.7. The molecule has 0 aliphatic heterocycles. The van der Waals surface area contributed by atoms with Crippen LogP contribution in [0.5, 0.6) is 0 Å². The van der Waals surface area contributed by atoms with E-state index in [0.29, 0.717) is 29.2 Å². The van der Waals surface area contributed by atoms with Gasteiger partial charge in [-0.05, 0) is 35.9 Å². The minimum Gasteiger partial charge on any atom is -0.481 e. The molecule has 2 N–H and O–H groups in total. The quantitative estimate of drug-likeness (QED) is 0.258. The third-order valence-corrected chi connectivity index (χ3v) is 5.08. The number of aliphatic carboxylic acids is 1. The molecule has 0 bridgehead atoms. The number of halogens is 5. The number of carboxylic acid groups (broad SMARTS) is 1. The molecule has 35 heavy (non-hydrogen) atoms. The van der Waals surface area contributed by atoms with Gasteiger partial charge in [0.1, 0.15) is 5.76 Å². The van der Waals surface area contributed by atoms with Crippen LogP contribution >= 0.6 is 24.0 Å². The molecule has 7 nitrogen and oxygen atoms in total. The minimum atomic E-state index is -4.77. The van der Waals surface area contributed by atoms with Crippen molar-refractivity contribution in [1.82, 2.24) is 15.5 Å². The molecule has 4 aromatic rings. The first-order chi connectivity index (χ1) is 16.2. The molecule has 0 radical (unpaired) electrons. The summed E-state index contributed by atoms with van der Waals surface area (Å²) in [5.41, 5.74) is 1.47. The van der Waals surface area contributed by atoms with Gasteiger partial charge in [-0.3, -0.25) is 4.79 Å². The van der Waals surface area contributed by atoms with Gasteiger partial charge in [-0.15, -0.1) is 12.4 Å². The summed E-state index contributed by atoms with van der Waals surface area (Å²) >= 11 is 5.85. The average molecular weight is 528 g/mol. The Hall–Kier alpha value is -3.34. The number of benzene rings is 2. The summed E-state index contributed by atoms with van der Waals surface area (Å²) in [6, 6.07) is 14.3. The van der Waals surface area contributed by atoms with Crippen molar-refractivity contribution in [1.29, 1.82) is 0 Å². The second kappa shape index (κ2) is 10.9. The Morgan fingerprint density at radius 1 is 1.06 bits per heavy atom. The number of rotatable bonds is 8. The standard InChI is InChI=1S/C23H17ClF3N3O4.ClH/c24-16-7-5-14(6-8-16)18-11-17(20(33-18)23(25,26)27)22-29-21(30-34-22)15-3-1-13(2-4-15)12-28-10-9-19(31)32;/h1-8,11,28H,9-10,12H2,(H,31,32);1H. The van der Waals surface area contributed by atoms with Crippen LogP contribution in [0.4, 0.5) is 13.2 Å². The molecule has 12 heteroatoms. The van der Waals surface area contributed by atoms with E-state index in [4.69, 9.17) is 25.6 Å². The highest BCUT2D eigenvalue weighted by Gasteiger charge is 2.40. The van der Waals surface area contributed by atoms with Gasteiger partial charge in [0.2, 0.25) is 11.6 Å². The van der Waals surface area contributed by atoms with Gasteiger partial charge in [0.05, 0.1) is 12.0 Å². The molecule has 0 saturated carbocycles. The molecule has 0 aliphatic rings. The average Bonchev–Trinajstić information content (AvgIpc) is 3.45. The van der Waals surface area contributed by atoms with Crippen LogP contribution in [0.15, 0.2) is 63.5 Å². The van der Waals surface area contributed by atoms with Crippen LogP contribution < -0.4 is 5.32 Å². The van der Waals surface area contributed by atoms with E-state index in [2.05, 4.69) is 15.5 Å². The number of carboxylic acids is 1. The van der Waals surface area contributed by atoms with E-state index in [1.807, 2.05) is 0 Å². The molecular weight excluding hydrogens is 510 g/mol. The first-order valence-electron chi connectivity index (χ1n) is 10.0. The van der Waals surface area contributed by atoms with Crippen LogP contribution in [0.1, 0.15) is 17.7 Å². The Bertz CT molecular complexity index is 1290. The minimum absolute atomic E-state index is 0. The fourth-order valence-corrected chi connectivity index (χ4v) is 3.29. The van der Waals surface area contributed by atoms with Crippen LogP contribution in [0, 0.1) is 0 Å². The van der Waals surface area contributed by atoms with Crippen LogP contribution in [0.25, 0.3) is 34.2 Å². The largest absolute Gasteiger partial charge is 0.481 e. The first-order valence-corrected chi connectivity index (χ1v) is 10.4. The molecule has 0 aliphatic carbocycles. The van der Waals surface area contributed by atoms with E-state index in [1.54, 1.807) is 48.5 Å². The highest BCUT2D eigenvalue weighted by atomic mass is 35.5. The molecular formula is C23H18Cl2F3N3O4. The van der Waals surface area contributed by atoms with Gasteiger partial charge in [0.25, 0.3) is 5.89 Å². The summed E-state index contributed by atoms with van der Waals surface area (Å²) in [6.45, 7) is 0.790. The molecule has 0 unspecified atom stereocenters. The Balaban J connectivity index is 0.00000342. The zero-order valence-corrected chi connectivity index (χ0v) is 19.4. The van der Waals surface area contributed by atoms with E-state index < -0.39 is 17.9 Å². The van der Waals surface area contributed by atoms with Gasteiger partial charge < -0.3 is 19.4 Å². The van der Waals surface area contributed by atoms with E-state index in [1.165, 1.54) is 6.07 Å². The van der Waals surface area contributed by atoms with Gasteiger partial charge in [-0.1, -0.05) is 41.0 Å². The highest BCUT2D eigenvalue weighted by molar-refractivity contribution is 6.30. The lowest BCUT2D eigenvalue weighted by Gasteiger charge is -2.04. The van der Waals surface area contributed by atoms with Crippen molar-refractivity contribution in [3.63, 3.8) is 0 Å². The molecule has 2 aromatic carbocycles. The Morgan fingerprint density at radius 3 is 2.34 bits per heavy atom. The lowest BCUT2D eigenvalue weighted by Crippen LogP contribution is -2.17. The predicted molar refractivity (Wildman–Crippen MR) is 124 cm³/mol. The van der Waals surface area contributed by atoms with Crippen molar-refractivity contribution in [2.45, 2.75) is 19.1 Å². The van der Waals surface area contributed by atoms with Crippen LogP contribution in [-0.4, -0.2) is 27.8 Å². The summed E-state index contributed by atoms with van der Waals surface area (Å²) in [5.74, 6) is -2.36. The zero-order valence-electron chi connectivity index (χ0n) is 17.8. The molecule has 0 saturated heterocycles. The number of alkyl halides is 3. The van der Waals surface area contributed by atoms with Crippen molar-refractivity contribution < 1.29 is 32.0 Å². The summed E-state index contributed by atoms with van der Waals surface area (Å²) in [6.07, 6.45) is -4.76. The topological polar surface area (TPSA) is 101 Å². The molecule has 184 valence electrons. The molecule has 4 rings (SSSR count). The third-order valence-electron chi connectivity index (χ3n) is 4.83. The van der Waals surface area contributed by atoms with Crippen LogP contribution in [-0.2, 0) is 17.5 Å². The monoisotopic (exact) mass is 527 g/mol. The Morgan fingerprint density at radius 2 is 1.71 bits per heavy atom. The van der Waals surface area contributed by atoms with Gasteiger partial charge in [-0.2, -0.15) is 18.2 Å².